The van der Waals surface area contributed by atoms with E-state index in [4.69, 9.17) is 4.74 Å². The molecule has 2 aromatic carbocycles. The predicted octanol–water partition coefficient (Wildman–Crippen LogP) is 4.38. The molecule has 0 amide bonds. The number of hydrogen-bond donors (Lipinski definition) is 1. The van der Waals surface area contributed by atoms with Crippen LogP contribution in [0.3, 0.4) is 0 Å². The van der Waals surface area contributed by atoms with Crippen molar-refractivity contribution in [2.24, 2.45) is 5.41 Å². The number of fused-ring (bicyclic) bond motifs is 1. The zero-order valence-corrected chi connectivity index (χ0v) is 16.0. The fraction of sp³-hybridized carbons (Fsp3) is 0.400. The van der Waals surface area contributed by atoms with Crippen molar-refractivity contribution in [2.75, 3.05) is 17.1 Å². The summed E-state index contributed by atoms with van der Waals surface area (Å²) in [6.45, 7) is 9.07. The lowest BCUT2D eigenvalue weighted by atomic mass is 9.96. The molecule has 1 aliphatic rings. The second-order valence-electron chi connectivity index (χ2n) is 7.89. The molecule has 0 saturated carbocycles. The normalized spacial score (nSPS) is 16.0. The molecule has 3 rings (SSSR count). The predicted molar refractivity (Wildman–Crippen MR) is 103 cm³/mol. The number of anilines is 1. The number of hydrogen-bond acceptors (Lipinski definition) is 3. The third-order valence-corrected chi connectivity index (χ3v) is 5.36. The largest absolute Gasteiger partial charge is 0.493 e. The Kier molecular flexibility index (Phi) is 4.54. The Morgan fingerprint density at radius 3 is 2.44 bits per heavy atom. The highest BCUT2D eigenvalue weighted by Crippen LogP contribution is 2.36. The molecule has 25 heavy (non-hydrogen) atoms. The fourth-order valence-electron chi connectivity index (χ4n) is 2.89. The molecule has 1 heterocycles. The standard InChI is InChI=1S/C20H25NO3S/c1-14-11-16-9-10-25(22,23)21-19(16)18(12-14)15-5-7-17(8-6-15)24-13-20(2,3)4/h5-8,11-12,21H,9-10,13H2,1-4H3. The summed E-state index contributed by atoms with van der Waals surface area (Å²) in [7, 11) is -3.25. The van der Waals surface area contributed by atoms with Gasteiger partial charge in [-0.2, -0.15) is 0 Å². The second-order valence-corrected chi connectivity index (χ2v) is 9.73. The molecule has 2 aromatic rings. The van der Waals surface area contributed by atoms with Crippen LogP contribution in [0.4, 0.5) is 5.69 Å². The summed E-state index contributed by atoms with van der Waals surface area (Å²) in [5, 5.41) is 0. The maximum Gasteiger partial charge on any atom is 0.233 e. The van der Waals surface area contributed by atoms with Gasteiger partial charge >= 0.3 is 0 Å². The van der Waals surface area contributed by atoms with E-state index in [1.54, 1.807) is 0 Å². The minimum atomic E-state index is -3.25. The lowest BCUT2D eigenvalue weighted by Gasteiger charge is -2.23. The van der Waals surface area contributed by atoms with Gasteiger partial charge in [0.15, 0.2) is 0 Å². The molecular weight excluding hydrogens is 334 g/mol. The van der Waals surface area contributed by atoms with Gasteiger partial charge < -0.3 is 4.74 Å². The van der Waals surface area contributed by atoms with Crippen molar-refractivity contribution >= 4 is 15.7 Å². The first-order valence-corrected chi connectivity index (χ1v) is 10.2. The van der Waals surface area contributed by atoms with Gasteiger partial charge in [-0.25, -0.2) is 8.42 Å². The lowest BCUT2D eigenvalue weighted by molar-refractivity contribution is 0.198. The van der Waals surface area contributed by atoms with Crippen molar-refractivity contribution in [3.63, 3.8) is 0 Å². The second kappa shape index (κ2) is 6.37. The Morgan fingerprint density at radius 2 is 1.80 bits per heavy atom. The quantitative estimate of drug-likeness (QED) is 0.884. The average molecular weight is 359 g/mol. The van der Waals surface area contributed by atoms with E-state index in [0.717, 1.165) is 28.0 Å². The van der Waals surface area contributed by atoms with Crippen LogP contribution in [0.1, 0.15) is 31.9 Å². The molecule has 0 spiro atoms. The van der Waals surface area contributed by atoms with Crippen LogP contribution in [0, 0.1) is 12.3 Å². The summed E-state index contributed by atoms with van der Waals surface area (Å²) < 4.78 is 32.5. The number of aryl methyl sites for hydroxylation is 2. The van der Waals surface area contributed by atoms with E-state index in [1.807, 2.05) is 37.3 Å². The lowest BCUT2D eigenvalue weighted by Crippen LogP contribution is -2.24. The van der Waals surface area contributed by atoms with E-state index in [0.29, 0.717) is 18.7 Å². The molecular formula is C20H25NO3S. The van der Waals surface area contributed by atoms with Gasteiger partial charge in [-0.1, -0.05) is 44.5 Å². The van der Waals surface area contributed by atoms with Crippen LogP contribution in [0.5, 0.6) is 5.75 Å². The Labute approximate surface area is 150 Å². The first kappa shape index (κ1) is 17.8. The molecule has 1 N–H and O–H groups in total. The molecule has 0 aromatic heterocycles. The summed E-state index contributed by atoms with van der Waals surface area (Å²) >= 11 is 0. The Morgan fingerprint density at radius 1 is 1.12 bits per heavy atom. The van der Waals surface area contributed by atoms with E-state index in [2.05, 4.69) is 31.6 Å². The van der Waals surface area contributed by atoms with Crippen molar-refractivity contribution in [2.45, 2.75) is 34.1 Å². The molecule has 0 unspecified atom stereocenters. The van der Waals surface area contributed by atoms with Gasteiger partial charge in [0, 0.05) is 5.56 Å². The fourth-order valence-corrected chi connectivity index (χ4v) is 4.03. The van der Waals surface area contributed by atoms with Crippen LogP contribution in [-0.2, 0) is 16.4 Å². The van der Waals surface area contributed by atoms with E-state index >= 15 is 0 Å². The maximum absolute atomic E-state index is 12.0. The molecule has 0 aliphatic carbocycles. The van der Waals surface area contributed by atoms with Crippen LogP contribution in [0.25, 0.3) is 11.1 Å². The molecule has 5 heteroatoms. The molecule has 1 aliphatic heterocycles. The van der Waals surface area contributed by atoms with Gasteiger partial charge in [-0.15, -0.1) is 0 Å². The number of nitrogens with one attached hydrogen (secondary N) is 1. The van der Waals surface area contributed by atoms with Crippen molar-refractivity contribution in [3.05, 3.63) is 47.5 Å². The number of rotatable bonds is 3. The highest BCUT2D eigenvalue weighted by molar-refractivity contribution is 7.92. The van der Waals surface area contributed by atoms with Gasteiger partial charge in [-0.3, -0.25) is 4.72 Å². The van der Waals surface area contributed by atoms with Gasteiger partial charge in [0.05, 0.1) is 18.0 Å². The highest BCUT2D eigenvalue weighted by atomic mass is 32.2. The van der Waals surface area contributed by atoms with Crippen LogP contribution in [0.2, 0.25) is 0 Å². The minimum absolute atomic E-state index is 0.104. The average Bonchev–Trinajstić information content (AvgIpc) is 2.52. The topological polar surface area (TPSA) is 55.4 Å². The Bertz CT molecular complexity index is 878. The summed E-state index contributed by atoms with van der Waals surface area (Å²) in [6, 6.07) is 11.9. The van der Waals surface area contributed by atoms with Crippen molar-refractivity contribution < 1.29 is 13.2 Å². The third-order valence-electron chi connectivity index (χ3n) is 4.10. The highest BCUT2D eigenvalue weighted by Gasteiger charge is 2.23. The summed E-state index contributed by atoms with van der Waals surface area (Å²) in [5.74, 6) is 0.962. The van der Waals surface area contributed by atoms with Crippen LogP contribution >= 0.6 is 0 Å². The first-order valence-electron chi connectivity index (χ1n) is 8.50. The Hall–Kier alpha value is -2.01. The van der Waals surface area contributed by atoms with E-state index in [9.17, 15) is 8.42 Å². The monoisotopic (exact) mass is 359 g/mol. The number of sulfonamides is 1. The Balaban J connectivity index is 1.93. The van der Waals surface area contributed by atoms with Gasteiger partial charge in [-0.05, 0) is 48.1 Å². The number of ether oxygens (including phenoxy) is 1. The van der Waals surface area contributed by atoms with Crippen LogP contribution in [0.15, 0.2) is 36.4 Å². The molecule has 0 atom stereocenters. The zero-order chi connectivity index (χ0) is 18.2. The van der Waals surface area contributed by atoms with Gasteiger partial charge in [0.2, 0.25) is 10.0 Å². The smallest absolute Gasteiger partial charge is 0.233 e. The maximum atomic E-state index is 12.0. The van der Waals surface area contributed by atoms with Crippen molar-refractivity contribution in [3.8, 4) is 16.9 Å². The molecule has 0 radical (unpaired) electrons. The molecule has 0 fully saturated rings. The summed E-state index contributed by atoms with van der Waals surface area (Å²) in [4.78, 5) is 0. The van der Waals surface area contributed by atoms with Crippen molar-refractivity contribution in [1.29, 1.82) is 0 Å². The van der Waals surface area contributed by atoms with Crippen molar-refractivity contribution in [1.82, 2.24) is 0 Å². The van der Waals surface area contributed by atoms with Gasteiger partial charge in [0.1, 0.15) is 5.75 Å². The first-order chi connectivity index (χ1) is 11.6. The summed E-state index contributed by atoms with van der Waals surface area (Å²) in [6.07, 6.45) is 0.548. The van der Waals surface area contributed by atoms with Crippen LogP contribution in [-0.4, -0.2) is 20.8 Å². The minimum Gasteiger partial charge on any atom is -0.493 e. The molecule has 0 bridgehead atoms. The number of benzene rings is 2. The van der Waals surface area contributed by atoms with E-state index in [1.165, 1.54) is 0 Å². The zero-order valence-electron chi connectivity index (χ0n) is 15.2. The van der Waals surface area contributed by atoms with E-state index in [-0.39, 0.29) is 11.2 Å². The SMILES string of the molecule is Cc1cc2c(c(-c3ccc(OCC(C)(C)C)cc3)c1)NS(=O)(=O)CC2. The molecule has 0 saturated heterocycles. The van der Waals surface area contributed by atoms with Gasteiger partial charge in [0.25, 0.3) is 0 Å². The third kappa shape index (κ3) is 4.34. The summed E-state index contributed by atoms with van der Waals surface area (Å²) in [5.41, 5.74) is 4.89. The molecule has 4 nitrogen and oxygen atoms in total. The molecule has 134 valence electrons. The van der Waals surface area contributed by atoms with E-state index < -0.39 is 10.0 Å². The van der Waals surface area contributed by atoms with Crippen LogP contribution < -0.4 is 9.46 Å².